The summed E-state index contributed by atoms with van der Waals surface area (Å²) in [5.41, 5.74) is 0.0597. The van der Waals surface area contributed by atoms with Crippen LogP contribution in [0.3, 0.4) is 0 Å². The third-order valence-corrected chi connectivity index (χ3v) is 5.33. The topological polar surface area (TPSA) is 94.7 Å². The Morgan fingerprint density at radius 2 is 2.03 bits per heavy atom. The Hall–Kier alpha value is -2.62. The van der Waals surface area contributed by atoms with E-state index in [2.05, 4.69) is 30.9 Å². The first-order valence-electron chi connectivity index (χ1n) is 9.84. The number of piperidine rings is 1. The van der Waals surface area contributed by atoms with Crippen molar-refractivity contribution in [2.45, 2.75) is 44.3 Å². The molecule has 1 unspecified atom stereocenters. The molecular weight excluding hydrogens is 385 g/mol. The minimum absolute atomic E-state index is 0.0611. The minimum Gasteiger partial charge on any atom is -0.356 e. The number of anilines is 1. The summed E-state index contributed by atoms with van der Waals surface area (Å²) in [5, 5.41) is 9.15. The van der Waals surface area contributed by atoms with Crippen molar-refractivity contribution in [2.24, 2.45) is 0 Å². The number of alkyl halides is 3. The molecule has 4 N–H and O–H groups in total. The Labute approximate surface area is 165 Å². The number of nitrogens with zero attached hydrogens (tertiary/aromatic N) is 2. The number of amides is 1. The molecule has 10 heteroatoms. The van der Waals surface area contributed by atoms with Crippen molar-refractivity contribution in [3.05, 3.63) is 29.2 Å². The average molecular weight is 408 g/mol. The van der Waals surface area contributed by atoms with Crippen LogP contribution in [0.5, 0.6) is 0 Å². The third-order valence-electron chi connectivity index (χ3n) is 5.33. The summed E-state index contributed by atoms with van der Waals surface area (Å²) < 4.78 is 41.1. The monoisotopic (exact) mass is 408 g/mol. The van der Waals surface area contributed by atoms with Crippen molar-refractivity contribution in [3.63, 3.8) is 0 Å². The fourth-order valence-electron chi connectivity index (χ4n) is 3.87. The summed E-state index contributed by atoms with van der Waals surface area (Å²) in [5.74, 6) is -0.146. The van der Waals surface area contributed by atoms with E-state index >= 15 is 0 Å². The van der Waals surface area contributed by atoms with Crippen molar-refractivity contribution < 1.29 is 18.0 Å². The number of H-pyrrole nitrogens is 1. The Kier molecular flexibility index (Phi) is 5.44. The third kappa shape index (κ3) is 4.21. The fraction of sp³-hybridized carbons (Fsp3) is 0.526. The zero-order valence-electron chi connectivity index (χ0n) is 15.8. The fourth-order valence-corrected chi connectivity index (χ4v) is 3.87. The minimum atomic E-state index is -4.60. The maximum atomic E-state index is 13.7. The van der Waals surface area contributed by atoms with Gasteiger partial charge in [-0.2, -0.15) is 13.2 Å². The summed E-state index contributed by atoms with van der Waals surface area (Å²) in [6.07, 6.45) is 1.59. The van der Waals surface area contributed by atoms with Gasteiger partial charge in [0.25, 0.3) is 5.91 Å². The molecule has 1 saturated heterocycles. The molecule has 2 aromatic rings. The first-order valence-corrected chi connectivity index (χ1v) is 9.84. The Balaban J connectivity index is 1.75. The predicted octanol–water partition coefficient (Wildman–Crippen LogP) is 2.72. The second-order valence-corrected chi connectivity index (χ2v) is 7.41. The largest absolute Gasteiger partial charge is 0.419 e. The Morgan fingerprint density at radius 3 is 2.79 bits per heavy atom. The lowest BCUT2D eigenvalue weighted by molar-refractivity contribution is -0.137. The van der Waals surface area contributed by atoms with E-state index in [1.165, 1.54) is 6.20 Å². The van der Waals surface area contributed by atoms with Gasteiger partial charge in [0, 0.05) is 37.1 Å². The van der Waals surface area contributed by atoms with Gasteiger partial charge in [-0.15, -0.1) is 0 Å². The molecule has 1 amide bonds. The van der Waals surface area contributed by atoms with Gasteiger partial charge >= 0.3 is 6.18 Å². The molecule has 29 heavy (non-hydrogen) atoms. The summed E-state index contributed by atoms with van der Waals surface area (Å²) >= 11 is 0. The van der Waals surface area contributed by atoms with E-state index in [4.69, 9.17) is 0 Å². The summed E-state index contributed by atoms with van der Waals surface area (Å²) in [6.45, 7) is 2.19. The van der Waals surface area contributed by atoms with Gasteiger partial charge in [-0.1, -0.05) is 0 Å². The molecule has 7 nitrogen and oxygen atoms in total. The number of rotatable bonds is 3. The normalized spacial score (nSPS) is 20.4. The van der Waals surface area contributed by atoms with E-state index in [0.29, 0.717) is 36.3 Å². The Bertz CT molecular complexity index is 889. The predicted molar refractivity (Wildman–Crippen MR) is 102 cm³/mol. The van der Waals surface area contributed by atoms with Crippen LogP contribution in [-0.2, 0) is 12.6 Å². The van der Waals surface area contributed by atoms with Crippen LogP contribution in [0.25, 0.3) is 11.3 Å². The molecule has 4 heterocycles. The number of halogens is 3. The van der Waals surface area contributed by atoms with Gasteiger partial charge in [0.2, 0.25) is 5.95 Å². The number of fused-ring (bicyclic) bond motifs is 1. The van der Waals surface area contributed by atoms with Gasteiger partial charge < -0.3 is 20.9 Å². The number of aromatic amines is 1. The molecule has 0 radical (unpaired) electrons. The molecule has 2 aromatic heterocycles. The number of aromatic nitrogens is 3. The molecule has 2 aliphatic heterocycles. The van der Waals surface area contributed by atoms with E-state index in [1.54, 1.807) is 0 Å². The molecule has 1 atom stereocenters. The van der Waals surface area contributed by atoms with Crippen molar-refractivity contribution in [1.29, 1.82) is 0 Å². The molecule has 2 aliphatic rings. The standard InChI is InChI=1S/C19H23F3N6O/c20-19(21,22)14-10-26-18(27-11-4-3-6-23-8-11)28-15(14)13-9-25-16-12(13)5-1-2-7-24-17(16)29/h9-11,23,25H,1-8H2,(H,24,29)(H,26,27,28). The molecule has 0 spiro atoms. The maximum Gasteiger partial charge on any atom is 0.419 e. The smallest absolute Gasteiger partial charge is 0.356 e. The van der Waals surface area contributed by atoms with E-state index in [0.717, 1.165) is 38.4 Å². The highest BCUT2D eigenvalue weighted by Crippen LogP contribution is 2.38. The lowest BCUT2D eigenvalue weighted by Crippen LogP contribution is -2.38. The van der Waals surface area contributed by atoms with E-state index in [9.17, 15) is 18.0 Å². The van der Waals surface area contributed by atoms with Gasteiger partial charge in [-0.3, -0.25) is 4.79 Å². The molecule has 0 saturated carbocycles. The van der Waals surface area contributed by atoms with E-state index in [1.807, 2.05) is 0 Å². The van der Waals surface area contributed by atoms with Gasteiger partial charge in [-0.25, -0.2) is 9.97 Å². The summed E-state index contributed by atoms with van der Waals surface area (Å²) in [7, 11) is 0. The lowest BCUT2D eigenvalue weighted by atomic mass is 9.98. The van der Waals surface area contributed by atoms with Crippen LogP contribution < -0.4 is 16.0 Å². The quantitative estimate of drug-likeness (QED) is 0.627. The number of carbonyl (C=O) groups is 1. The summed E-state index contributed by atoms with van der Waals surface area (Å²) in [4.78, 5) is 23.3. The molecule has 1 fully saturated rings. The zero-order chi connectivity index (χ0) is 20.4. The number of hydrogen-bond acceptors (Lipinski definition) is 5. The SMILES string of the molecule is O=C1NCCCCc2c(-c3nc(NC4CCCNC4)ncc3C(F)(F)F)c[nH]c21. The highest BCUT2D eigenvalue weighted by Gasteiger charge is 2.37. The second kappa shape index (κ2) is 8.02. The summed E-state index contributed by atoms with van der Waals surface area (Å²) in [6, 6.07) is 0.0611. The lowest BCUT2D eigenvalue weighted by Gasteiger charge is -2.24. The first kappa shape index (κ1) is 19.7. The van der Waals surface area contributed by atoms with E-state index < -0.39 is 11.7 Å². The zero-order valence-corrected chi connectivity index (χ0v) is 15.8. The molecule has 0 aromatic carbocycles. The molecule has 4 rings (SSSR count). The number of nitrogens with one attached hydrogen (secondary N) is 4. The average Bonchev–Trinajstić information content (AvgIpc) is 3.09. The van der Waals surface area contributed by atoms with Crippen LogP contribution in [0.15, 0.2) is 12.4 Å². The van der Waals surface area contributed by atoms with Crippen molar-refractivity contribution in [3.8, 4) is 11.3 Å². The van der Waals surface area contributed by atoms with E-state index in [-0.39, 0.29) is 23.6 Å². The van der Waals surface area contributed by atoms with Crippen LogP contribution in [0.1, 0.15) is 47.3 Å². The van der Waals surface area contributed by atoms with Crippen molar-refractivity contribution in [2.75, 3.05) is 25.0 Å². The van der Waals surface area contributed by atoms with Gasteiger partial charge in [0.05, 0.1) is 5.69 Å². The molecule has 0 bridgehead atoms. The van der Waals surface area contributed by atoms with Gasteiger partial charge in [0.1, 0.15) is 11.3 Å². The molecular formula is C19H23F3N6O. The van der Waals surface area contributed by atoms with Crippen LogP contribution >= 0.6 is 0 Å². The van der Waals surface area contributed by atoms with Gasteiger partial charge in [-0.05, 0) is 44.2 Å². The van der Waals surface area contributed by atoms with Crippen LogP contribution in [0, 0.1) is 0 Å². The van der Waals surface area contributed by atoms with Crippen LogP contribution in [-0.4, -0.2) is 46.5 Å². The molecule has 156 valence electrons. The van der Waals surface area contributed by atoms with Crippen LogP contribution in [0.2, 0.25) is 0 Å². The van der Waals surface area contributed by atoms with Crippen molar-refractivity contribution in [1.82, 2.24) is 25.6 Å². The first-order chi connectivity index (χ1) is 13.9. The number of carbonyl (C=O) groups excluding carboxylic acids is 1. The maximum absolute atomic E-state index is 13.7. The number of hydrogen-bond donors (Lipinski definition) is 4. The molecule has 0 aliphatic carbocycles. The van der Waals surface area contributed by atoms with Crippen molar-refractivity contribution >= 4 is 11.9 Å². The highest BCUT2D eigenvalue weighted by molar-refractivity contribution is 5.96. The Morgan fingerprint density at radius 1 is 1.17 bits per heavy atom. The second-order valence-electron chi connectivity index (χ2n) is 7.41. The van der Waals surface area contributed by atoms with Gasteiger partial charge in [0.15, 0.2) is 0 Å². The van der Waals surface area contributed by atoms with Crippen LogP contribution in [0.4, 0.5) is 19.1 Å². The highest BCUT2D eigenvalue weighted by atomic mass is 19.4.